The molecule has 0 N–H and O–H groups in total. The van der Waals surface area contributed by atoms with Gasteiger partial charge in [0, 0.05) is 11.1 Å². The zero-order chi connectivity index (χ0) is 22.3. The Hall–Kier alpha value is -1.91. The predicted octanol–water partition coefficient (Wildman–Crippen LogP) is 6.19. The van der Waals surface area contributed by atoms with Gasteiger partial charge in [-0.25, -0.2) is 4.98 Å². The van der Waals surface area contributed by atoms with Gasteiger partial charge in [-0.3, -0.25) is 13.9 Å². The van der Waals surface area contributed by atoms with Gasteiger partial charge in [-0.2, -0.15) is 0 Å². The van der Waals surface area contributed by atoms with E-state index >= 15 is 0 Å². The second-order valence-corrected chi connectivity index (χ2v) is 9.34. The average molecular weight is 559 g/mol. The summed E-state index contributed by atoms with van der Waals surface area (Å²) in [6.45, 7) is 0. The van der Waals surface area contributed by atoms with Gasteiger partial charge in [-0.05, 0) is 42.5 Å². The Morgan fingerprint density at radius 1 is 1.10 bits per heavy atom. The van der Waals surface area contributed by atoms with E-state index in [9.17, 15) is 4.79 Å². The standard InChI is InChI=1S/C20H14BrCl2N3O3S2/c1-28-11-4-6-15(29-2)14(8-11)25-16(9-21)24-18-17(19(25)27)31-20(30)26(18)13-5-3-10(22)7-12(13)23/h3-8H,9H2,1-2H3. The van der Waals surface area contributed by atoms with E-state index in [0.717, 1.165) is 0 Å². The lowest BCUT2D eigenvalue weighted by atomic mass is 10.2. The number of hydrogen-bond donors (Lipinski definition) is 0. The molecule has 0 amide bonds. The summed E-state index contributed by atoms with van der Waals surface area (Å²) in [7, 11) is 3.10. The molecule has 0 unspecified atom stereocenters. The maximum atomic E-state index is 13.6. The molecule has 6 nitrogen and oxygen atoms in total. The molecule has 160 valence electrons. The summed E-state index contributed by atoms with van der Waals surface area (Å²) in [6.07, 6.45) is 0. The topological polar surface area (TPSA) is 58.3 Å². The van der Waals surface area contributed by atoms with Crippen LogP contribution in [-0.4, -0.2) is 28.3 Å². The molecule has 0 saturated carbocycles. The van der Waals surface area contributed by atoms with E-state index in [0.29, 0.717) is 58.4 Å². The van der Waals surface area contributed by atoms with Crippen LogP contribution in [0.1, 0.15) is 5.82 Å². The van der Waals surface area contributed by atoms with Crippen molar-refractivity contribution >= 4 is 73.0 Å². The van der Waals surface area contributed by atoms with Crippen LogP contribution < -0.4 is 15.0 Å². The monoisotopic (exact) mass is 557 g/mol. The number of thiazole rings is 1. The molecule has 0 atom stereocenters. The van der Waals surface area contributed by atoms with Gasteiger partial charge in [-0.1, -0.05) is 50.5 Å². The Bertz CT molecular complexity index is 1430. The van der Waals surface area contributed by atoms with Crippen molar-refractivity contribution in [1.82, 2.24) is 14.1 Å². The van der Waals surface area contributed by atoms with Crippen molar-refractivity contribution in [2.24, 2.45) is 0 Å². The molecule has 0 saturated heterocycles. The smallest absolute Gasteiger partial charge is 0.277 e. The number of halogens is 3. The molecule has 0 fully saturated rings. The van der Waals surface area contributed by atoms with Gasteiger partial charge in [0.05, 0.1) is 35.9 Å². The van der Waals surface area contributed by atoms with E-state index in [2.05, 4.69) is 15.9 Å². The van der Waals surface area contributed by atoms with Gasteiger partial charge in [-0.15, -0.1) is 0 Å². The Balaban J connectivity index is 2.08. The zero-order valence-electron chi connectivity index (χ0n) is 16.2. The maximum Gasteiger partial charge on any atom is 0.277 e. The van der Waals surface area contributed by atoms with Crippen molar-refractivity contribution in [3.05, 3.63) is 66.6 Å². The summed E-state index contributed by atoms with van der Waals surface area (Å²) in [4.78, 5) is 18.4. The first-order chi connectivity index (χ1) is 14.9. The third-order valence-corrected chi connectivity index (χ3v) is 6.96. The highest BCUT2D eigenvalue weighted by molar-refractivity contribution is 9.08. The van der Waals surface area contributed by atoms with Crippen LogP contribution in [0.5, 0.6) is 11.5 Å². The first kappa shape index (κ1) is 22.3. The lowest BCUT2D eigenvalue weighted by Gasteiger charge is -2.16. The molecule has 0 spiro atoms. The molecule has 0 aliphatic rings. The predicted molar refractivity (Wildman–Crippen MR) is 131 cm³/mol. The van der Waals surface area contributed by atoms with Crippen LogP contribution in [0.25, 0.3) is 21.7 Å². The van der Waals surface area contributed by atoms with E-state index in [4.69, 9.17) is 49.9 Å². The van der Waals surface area contributed by atoms with Crippen molar-refractivity contribution in [3.63, 3.8) is 0 Å². The lowest BCUT2D eigenvalue weighted by Crippen LogP contribution is -2.23. The second-order valence-electron chi connectivity index (χ2n) is 6.29. The van der Waals surface area contributed by atoms with Crippen molar-refractivity contribution in [3.8, 4) is 22.9 Å². The van der Waals surface area contributed by atoms with E-state index in [1.165, 1.54) is 15.9 Å². The summed E-state index contributed by atoms with van der Waals surface area (Å²) >= 11 is 22.6. The summed E-state index contributed by atoms with van der Waals surface area (Å²) < 4.78 is 14.8. The quantitative estimate of drug-likeness (QED) is 0.216. The van der Waals surface area contributed by atoms with Gasteiger partial charge >= 0.3 is 0 Å². The van der Waals surface area contributed by atoms with Crippen LogP contribution >= 0.6 is 62.7 Å². The fourth-order valence-corrected chi connectivity index (χ4v) is 5.34. The third kappa shape index (κ3) is 3.89. The molecule has 31 heavy (non-hydrogen) atoms. The summed E-state index contributed by atoms with van der Waals surface area (Å²) in [5, 5.41) is 1.22. The van der Waals surface area contributed by atoms with Crippen molar-refractivity contribution in [2.75, 3.05) is 14.2 Å². The Labute approximate surface area is 204 Å². The Kier molecular flexibility index (Phi) is 6.41. The molecule has 2 heterocycles. The fraction of sp³-hybridized carbons (Fsp3) is 0.150. The van der Waals surface area contributed by atoms with E-state index in [-0.39, 0.29) is 5.56 Å². The largest absolute Gasteiger partial charge is 0.497 e. The summed E-state index contributed by atoms with van der Waals surface area (Å²) in [5.74, 6) is 1.56. The molecule has 0 aliphatic carbocycles. The molecule has 2 aromatic heterocycles. The number of rotatable bonds is 5. The highest BCUT2D eigenvalue weighted by Crippen LogP contribution is 2.32. The summed E-state index contributed by atoms with van der Waals surface area (Å²) in [6, 6.07) is 10.3. The molecule has 11 heteroatoms. The minimum Gasteiger partial charge on any atom is -0.497 e. The second kappa shape index (κ2) is 8.91. The van der Waals surface area contributed by atoms with E-state index in [1.54, 1.807) is 55.2 Å². The van der Waals surface area contributed by atoms with Crippen LogP contribution in [0.3, 0.4) is 0 Å². The molecule has 2 aromatic carbocycles. The molecule has 4 rings (SSSR count). The molecule has 0 radical (unpaired) electrons. The highest BCUT2D eigenvalue weighted by atomic mass is 79.9. The molecule has 0 aliphatic heterocycles. The van der Waals surface area contributed by atoms with Gasteiger partial charge in [0.2, 0.25) is 0 Å². The Morgan fingerprint density at radius 3 is 2.52 bits per heavy atom. The van der Waals surface area contributed by atoms with Crippen molar-refractivity contribution in [2.45, 2.75) is 5.33 Å². The zero-order valence-corrected chi connectivity index (χ0v) is 20.9. The number of alkyl halides is 1. The first-order valence-corrected chi connectivity index (χ1v) is 11.9. The van der Waals surface area contributed by atoms with Gasteiger partial charge < -0.3 is 9.47 Å². The SMILES string of the molecule is COc1ccc(OC)c(-n2c(CBr)nc3c(sc(=S)n3-c3ccc(Cl)cc3Cl)c2=O)c1. The van der Waals surface area contributed by atoms with Gasteiger partial charge in [0.1, 0.15) is 22.0 Å². The average Bonchev–Trinajstić information content (AvgIpc) is 3.09. The third-order valence-electron chi connectivity index (χ3n) is 4.57. The highest BCUT2D eigenvalue weighted by Gasteiger charge is 2.21. The van der Waals surface area contributed by atoms with E-state index in [1.807, 2.05) is 0 Å². The maximum absolute atomic E-state index is 13.6. The number of methoxy groups -OCH3 is 2. The number of fused-ring (bicyclic) bond motifs is 1. The van der Waals surface area contributed by atoms with E-state index < -0.39 is 0 Å². The number of hydrogen-bond acceptors (Lipinski definition) is 6. The van der Waals surface area contributed by atoms with Crippen molar-refractivity contribution in [1.29, 1.82) is 0 Å². The van der Waals surface area contributed by atoms with Gasteiger partial charge in [0.25, 0.3) is 5.56 Å². The van der Waals surface area contributed by atoms with Crippen LogP contribution in [0.4, 0.5) is 0 Å². The van der Waals surface area contributed by atoms with Crippen molar-refractivity contribution < 1.29 is 9.47 Å². The molecular formula is C20H14BrCl2N3O3S2. The number of nitrogens with zero attached hydrogens (tertiary/aromatic N) is 3. The van der Waals surface area contributed by atoms with Crippen LogP contribution in [-0.2, 0) is 5.33 Å². The number of ether oxygens (including phenoxy) is 2. The molecule has 4 aromatic rings. The normalized spacial score (nSPS) is 11.1. The van der Waals surface area contributed by atoms with Crippen LogP contribution in [0, 0.1) is 3.95 Å². The minimum absolute atomic E-state index is 0.272. The van der Waals surface area contributed by atoms with Crippen LogP contribution in [0.2, 0.25) is 10.0 Å². The lowest BCUT2D eigenvalue weighted by molar-refractivity contribution is 0.401. The Morgan fingerprint density at radius 2 is 1.87 bits per heavy atom. The minimum atomic E-state index is -0.272. The van der Waals surface area contributed by atoms with Gasteiger partial charge in [0.15, 0.2) is 9.60 Å². The van der Waals surface area contributed by atoms with Crippen LogP contribution in [0.15, 0.2) is 41.2 Å². The fourth-order valence-electron chi connectivity index (χ4n) is 3.18. The summed E-state index contributed by atoms with van der Waals surface area (Å²) in [5.41, 5.74) is 1.28. The molecular weight excluding hydrogens is 545 g/mol. The number of benzene rings is 2. The number of aromatic nitrogens is 3. The first-order valence-electron chi connectivity index (χ1n) is 8.80. The molecule has 0 bridgehead atoms.